The smallest absolute Gasteiger partial charge is 0.231 e. The average molecular weight is 331 g/mol. The van der Waals surface area contributed by atoms with Gasteiger partial charge in [-0.3, -0.25) is 4.79 Å². The molecular weight excluding hydrogens is 320 g/mol. The molecule has 3 rings (SSSR count). The second kappa shape index (κ2) is 5.13. The van der Waals surface area contributed by atoms with Gasteiger partial charge in [-0.2, -0.15) is 0 Å². The van der Waals surface area contributed by atoms with Gasteiger partial charge in [-0.05, 0) is 35.9 Å². The van der Waals surface area contributed by atoms with E-state index in [1.807, 2.05) is 24.3 Å². The maximum absolute atomic E-state index is 12.2. The van der Waals surface area contributed by atoms with Crippen LogP contribution in [0.25, 0.3) is 6.08 Å². The van der Waals surface area contributed by atoms with E-state index in [4.69, 9.17) is 9.47 Å². The van der Waals surface area contributed by atoms with E-state index in [9.17, 15) is 4.79 Å². The van der Waals surface area contributed by atoms with E-state index < -0.39 is 0 Å². The fourth-order valence-corrected chi connectivity index (χ4v) is 2.46. The zero-order valence-corrected chi connectivity index (χ0v) is 12.3. The zero-order valence-electron chi connectivity index (χ0n) is 10.7. The van der Waals surface area contributed by atoms with E-state index in [1.54, 1.807) is 31.4 Å². The highest BCUT2D eigenvalue weighted by atomic mass is 79.9. The number of ether oxygens (including phenoxy) is 2. The highest BCUT2D eigenvalue weighted by molar-refractivity contribution is 9.10. The molecule has 0 unspecified atom stereocenters. The molecule has 0 saturated heterocycles. The Morgan fingerprint density at radius 1 is 1.20 bits per heavy atom. The van der Waals surface area contributed by atoms with Gasteiger partial charge in [0.2, 0.25) is 5.78 Å². The van der Waals surface area contributed by atoms with Crippen molar-refractivity contribution in [2.45, 2.75) is 0 Å². The number of rotatable bonds is 2. The summed E-state index contributed by atoms with van der Waals surface area (Å²) >= 11 is 3.40. The first-order valence-corrected chi connectivity index (χ1v) is 6.84. The summed E-state index contributed by atoms with van der Waals surface area (Å²) in [6.45, 7) is 0. The predicted molar refractivity (Wildman–Crippen MR) is 80.1 cm³/mol. The van der Waals surface area contributed by atoms with E-state index in [2.05, 4.69) is 15.9 Å². The van der Waals surface area contributed by atoms with Crippen molar-refractivity contribution in [3.8, 4) is 11.5 Å². The lowest BCUT2D eigenvalue weighted by Crippen LogP contribution is -1.97. The lowest BCUT2D eigenvalue weighted by Gasteiger charge is -2.01. The third-order valence-electron chi connectivity index (χ3n) is 3.02. The molecule has 4 heteroatoms. The number of fused-ring (bicyclic) bond motifs is 1. The first-order chi connectivity index (χ1) is 9.67. The lowest BCUT2D eigenvalue weighted by atomic mass is 10.1. The van der Waals surface area contributed by atoms with Crippen LogP contribution in [0.3, 0.4) is 0 Å². The first kappa shape index (κ1) is 12.9. The van der Waals surface area contributed by atoms with Gasteiger partial charge < -0.3 is 9.47 Å². The number of carbonyl (C=O) groups excluding carboxylic acids is 1. The topological polar surface area (TPSA) is 35.5 Å². The predicted octanol–water partition coefficient (Wildman–Crippen LogP) is 4.07. The summed E-state index contributed by atoms with van der Waals surface area (Å²) in [6, 6.07) is 12.9. The number of methoxy groups -OCH3 is 1. The maximum atomic E-state index is 12.2. The molecule has 0 aromatic heterocycles. The van der Waals surface area contributed by atoms with Crippen LogP contribution in [0.4, 0.5) is 0 Å². The molecule has 0 amide bonds. The second-order valence-corrected chi connectivity index (χ2v) is 5.27. The molecule has 100 valence electrons. The van der Waals surface area contributed by atoms with Crippen molar-refractivity contribution in [2.75, 3.05) is 7.11 Å². The van der Waals surface area contributed by atoms with E-state index >= 15 is 0 Å². The van der Waals surface area contributed by atoms with Crippen molar-refractivity contribution >= 4 is 27.8 Å². The van der Waals surface area contributed by atoms with Crippen LogP contribution < -0.4 is 9.47 Å². The Labute approximate surface area is 125 Å². The summed E-state index contributed by atoms with van der Waals surface area (Å²) < 4.78 is 11.7. The summed E-state index contributed by atoms with van der Waals surface area (Å²) in [5.41, 5.74) is 1.47. The number of hydrogen-bond donors (Lipinski definition) is 0. The number of halogens is 1. The van der Waals surface area contributed by atoms with Crippen LogP contribution in [0.1, 0.15) is 15.9 Å². The fourth-order valence-electron chi connectivity index (χ4n) is 2.04. The van der Waals surface area contributed by atoms with Crippen LogP contribution in [0.5, 0.6) is 11.5 Å². The molecule has 0 fully saturated rings. The lowest BCUT2D eigenvalue weighted by molar-refractivity contribution is 0.101. The van der Waals surface area contributed by atoms with Crippen molar-refractivity contribution < 1.29 is 14.3 Å². The Balaban J connectivity index is 1.97. The van der Waals surface area contributed by atoms with Gasteiger partial charge in [0, 0.05) is 10.5 Å². The number of hydrogen-bond acceptors (Lipinski definition) is 3. The van der Waals surface area contributed by atoms with Crippen LogP contribution in [0, 0.1) is 0 Å². The quantitative estimate of drug-likeness (QED) is 0.778. The van der Waals surface area contributed by atoms with Gasteiger partial charge in [0.25, 0.3) is 0 Å². The molecule has 0 aliphatic carbocycles. The Hall–Kier alpha value is -2.07. The highest BCUT2D eigenvalue weighted by Gasteiger charge is 2.27. The fraction of sp³-hybridized carbons (Fsp3) is 0.0625. The molecule has 3 nitrogen and oxygen atoms in total. The van der Waals surface area contributed by atoms with Crippen molar-refractivity contribution in [2.24, 2.45) is 0 Å². The van der Waals surface area contributed by atoms with Crippen LogP contribution >= 0.6 is 15.9 Å². The van der Waals surface area contributed by atoms with Crippen LogP contribution in [0.15, 0.2) is 52.7 Å². The third-order valence-corrected chi connectivity index (χ3v) is 3.52. The number of benzene rings is 2. The van der Waals surface area contributed by atoms with Crippen LogP contribution in [0.2, 0.25) is 0 Å². The molecule has 0 atom stereocenters. The Morgan fingerprint density at radius 2 is 2.05 bits per heavy atom. The molecule has 20 heavy (non-hydrogen) atoms. The number of carbonyl (C=O) groups is 1. The summed E-state index contributed by atoms with van der Waals surface area (Å²) in [6.07, 6.45) is 1.74. The molecule has 1 aliphatic heterocycles. The van der Waals surface area contributed by atoms with Gasteiger partial charge in [-0.1, -0.05) is 28.1 Å². The Kier molecular flexibility index (Phi) is 3.32. The van der Waals surface area contributed by atoms with E-state index in [0.717, 1.165) is 10.0 Å². The Bertz CT molecular complexity index is 719. The summed E-state index contributed by atoms with van der Waals surface area (Å²) in [7, 11) is 1.58. The summed E-state index contributed by atoms with van der Waals surface area (Å²) in [5, 5.41) is 0. The molecule has 0 saturated carbocycles. The molecule has 1 heterocycles. The third kappa shape index (κ3) is 2.34. The first-order valence-electron chi connectivity index (χ1n) is 6.05. The van der Waals surface area contributed by atoms with Crippen molar-refractivity contribution in [1.82, 2.24) is 0 Å². The monoisotopic (exact) mass is 330 g/mol. The van der Waals surface area contributed by atoms with Gasteiger partial charge in [-0.15, -0.1) is 0 Å². The molecule has 0 radical (unpaired) electrons. The van der Waals surface area contributed by atoms with Gasteiger partial charge in [0.05, 0.1) is 12.7 Å². The van der Waals surface area contributed by atoms with Crippen LogP contribution in [-0.2, 0) is 0 Å². The highest BCUT2D eigenvalue weighted by Crippen LogP contribution is 2.34. The Morgan fingerprint density at radius 3 is 2.80 bits per heavy atom. The zero-order chi connectivity index (χ0) is 14.1. The molecular formula is C16H11BrO3. The minimum atomic E-state index is -0.109. The van der Waals surface area contributed by atoms with E-state index in [0.29, 0.717) is 22.8 Å². The van der Waals surface area contributed by atoms with Gasteiger partial charge in [0.1, 0.15) is 11.5 Å². The molecule has 2 aromatic carbocycles. The maximum Gasteiger partial charge on any atom is 0.231 e. The second-order valence-electron chi connectivity index (χ2n) is 4.36. The minimum Gasteiger partial charge on any atom is -0.497 e. The summed E-state index contributed by atoms with van der Waals surface area (Å²) in [5.74, 6) is 1.42. The molecule has 1 aliphatic rings. The van der Waals surface area contributed by atoms with Crippen molar-refractivity contribution in [1.29, 1.82) is 0 Å². The largest absolute Gasteiger partial charge is 0.497 e. The van der Waals surface area contributed by atoms with Gasteiger partial charge >= 0.3 is 0 Å². The van der Waals surface area contributed by atoms with Crippen molar-refractivity contribution in [3.63, 3.8) is 0 Å². The molecule has 2 aromatic rings. The molecule has 0 bridgehead atoms. The van der Waals surface area contributed by atoms with Crippen LogP contribution in [-0.4, -0.2) is 12.9 Å². The average Bonchev–Trinajstić information content (AvgIpc) is 2.75. The normalized spacial score (nSPS) is 15.1. The minimum absolute atomic E-state index is 0.109. The number of ketones is 1. The standard InChI is InChI=1S/C16H11BrO3/c1-19-12-5-6-13-14(9-12)20-15(16(13)18)8-10-3-2-4-11(17)7-10/h2-9H,1H3/b15-8-. The van der Waals surface area contributed by atoms with Gasteiger partial charge in [-0.25, -0.2) is 0 Å². The van der Waals surface area contributed by atoms with Crippen molar-refractivity contribution in [3.05, 3.63) is 63.8 Å². The van der Waals surface area contributed by atoms with Gasteiger partial charge in [0.15, 0.2) is 5.76 Å². The molecule has 0 spiro atoms. The summed E-state index contributed by atoms with van der Waals surface area (Å²) in [4.78, 5) is 12.2. The van der Waals surface area contributed by atoms with E-state index in [1.165, 1.54) is 0 Å². The SMILES string of the molecule is COc1ccc2c(c1)O/C(=C\c1cccc(Br)c1)C2=O. The molecule has 0 N–H and O–H groups in total. The number of allylic oxidation sites excluding steroid dienone is 1. The van der Waals surface area contributed by atoms with E-state index in [-0.39, 0.29) is 5.78 Å². The number of Topliss-reactive ketones (excluding diaryl/α,β-unsaturated/α-hetero) is 1.